The highest BCUT2D eigenvalue weighted by Crippen LogP contribution is 2.40. The van der Waals surface area contributed by atoms with Crippen LogP contribution >= 0.6 is 23.8 Å². The van der Waals surface area contributed by atoms with Gasteiger partial charge >= 0.3 is 0 Å². The molecule has 3 rings (SSSR count). The monoisotopic (exact) mass is 425 g/mol. The average molecular weight is 426 g/mol. The summed E-state index contributed by atoms with van der Waals surface area (Å²) in [7, 11) is 0. The molecule has 0 radical (unpaired) electrons. The Hall–Kier alpha value is -2.56. The van der Waals surface area contributed by atoms with E-state index in [1.807, 2.05) is 74.8 Å². The van der Waals surface area contributed by atoms with Crippen LogP contribution in [0.1, 0.15) is 13.8 Å². The number of pyridine rings is 1. The van der Waals surface area contributed by atoms with E-state index >= 15 is 0 Å². The molecule has 0 unspecified atom stereocenters. The first kappa shape index (κ1) is 21.2. The Morgan fingerprint density at radius 2 is 1.72 bits per heavy atom. The van der Waals surface area contributed by atoms with Crippen molar-refractivity contribution in [1.82, 2.24) is 4.57 Å². The Labute approximate surface area is 182 Å². The third-order valence-electron chi connectivity index (χ3n) is 4.41. The number of aromatic nitrogens is 1. The minimum absolute atomic E-state index is 0.532. The molecule has 3 aromatic rings. The van der Waals surface area contributed by atoms with Crippen LogP contribution in [0.2, 0.25) is 5.02 Å². The van der Waals surface area contributed by atoms with Crippen LogP contribution in [0.4, 0.5) is 0 Å². The fourth-order valence-corrected chi connectivity index (χ4v) is 3.75. The second-order valence-corrected chi connectivity index (χ2v) is 7.25. The van der Waals surface area contributed by atoms with Crippen molar-refractivity contribution >= 4 is 23.8 Å². The van der Waals surface area contributed by atoms with Crippen LogP contribution in [-0.4, -0.2) is 17.8 Å². The molecule has 0 N–H and O–H groups in total. The summed E-state index contributed by atoms with van der Waals surface area (Å²) >= 11 is 12.1. The van der Waals surface area contributed by atoms with Gasteiger partial charge in [0.2, 0.25) is 0 Å². The Morgan fingerprint density at radius 1 is 1.00 bits per heavy atom. The highest BCUT2D eigenvalue weighted by Gasteiger charge is 2.16. The molecule has 5 heteroatoms. The molecule has 0 amide bonds. The summed E-state index contributed by atoms with van der Waals surface area (Å²) in [5.74, 6) is 1.42. The number of halogens is 1. The molecule has 1 aromatic heterocycles. The summed E-state index contributed by atoms with van der Waals surface area (Å²) in [6, 6.07) is 13.6. The lowest BCUT2D eigenvalue weighted by Crippen LogP contribution is -2.03. The summed E-state index contributed by atoms with van der Waals surface area (Å²) < 4.78 is 14.6. The Kier molecular flexibility index (Phi) is 7.13. The van der Waals surface area contributed by atoms with E-state index in [1.165, 1.54) is 0 Å². The van der Waals surface area contributed by atoms with Crippen molar-refractivity contribution in [2.24, 2.45) is 0 Å². The molecule has 0 atom stereocenters. The van der Waals surface area contributed by atoms with Gasteiger partial charge < -0.3 is 14.0 Å². The summed E-state index contributed by atoms with van der Waals surface area (Å²) in [6.07, 6.45) is 5.92. The molecule has 0 aliphatic heterocycles. The Balaban J connectivity index is 2.29. The van der Waals surface area contributed by atoms with E-state index in [0.29, 0.717) is 36.3 Å². The third-order valence-corrected chi connectivity index (χ3v) is 5.09. The van der Waals surface area contributed by atoms with Gasteiger partial charge in [-0.05, 0) is 37.6 Å². The molecule has 2 aromatic carbocycles. The zero-order valence-electron chi connectivity index (χ0n) is 16.7. The fraction of sp³-hybridized carbons (Fsp3) is 0.208. The number of nitrogens with zero attached hydrogens (tertiary/aromatic N) is 1. The molecule has 0 bridgehead atoms. The van der Waals surface area contributed by atoms with Gasteiger partial charge in [-0.1, -0.05) is 54.2 Å². The van der Waals surface area contributed by atoms with Crippen molar-refractivity contribution in [3.05, 3.63) is 77.0 Å². The summed E-state index contributed by atoms with van der Waals surface area (Å²) in [5, 5.41) is 0.672. The number of para-hydroxylation sites is 1. The first-order valence-corrected chi connectivity index (χ1v) is 10.4. The molecule has 3 nitrogen and oxygen atoms in total. The highest BCUT2D eigenvalue weighted by atomic mass is 35.5. The maximum atomic E-state index is 6.23. The number of rotatable bonds is 8. The summed E-state index contributed by atoms with van der Waals surface area (Å²) in [6.45, 7) is 9.54. The van der Waals surface area contributed by atoms with Crippen molar-refractivity contribution < 1.29 is 9.47 Å². The van der Waals surface area contributed by atoms with Crippen LogP contribution in [0.25, 0.3) is 22.3 Å². The van der Waals surface area contributed by atoms with Crippen LogP contribution in [0.3, 0.4) is 0 Å². The zero-order valence-corrected chi connectivity index (χ0v) is 18.2. The van der Waals surface area contributed by atoms with Gasteiger partial charge in [0.1, 0.15) is 0 Å². The van der Waals surface area contributed by atoms with E-state index in [2.05, 4.69) is 11.1 Å². The maximum absolute atomic E-state index is 6.23. The SMILES string of the molecule is C=CCn1cc(-c2cccc(Cl)c2)c(=S)c(-c2cccc(OCC)c2OCC)c1. The molecule has 29 heavy (non-hydrogen) atoms. The first-order valence-electron chi connectivity index (χ1n) is 9.58. The van der Waals surface area contributed by atoms with E-state index in [-0.39, 0.29) is 0 Å². The van der Waals surface area contributed by atoms with Gasteiger partial charge in [0.25, 0.3) is 0 Å². The number of benzene rings is 2. The second-order valence-electron chi connectivity index (χ2n) is 6.41. The molecular formula is C24H24ClNO2S. The van der Waals surface area contributed by atoms with Gasteiger partial charge in [0.15, 0.2) is 11.5 Å². The average Bonchev–Trinajstić information content (AvgIpc) is 2.71. The minimum atomic E-state index is 0.532. The van der Waals surface area contributed by atoms with Gasteiger partial charge in [0, 0.05) is 40.7 Å². The predicted molar refractivity (Wildman–Crippen MR) is 124 cm³/mol. The standard InChI is InChI=1S/C24H24ClNO2S/c1-4-13-26-15-20(17-9-7-10-18(25)14-17)24(29)21(16-26)19-11-8-12-22(27-5-2)23(19)28-6-3/h4,7-12,14-16H,1,5-6,13H2,2-3H3. The number of allylic oxidation sites excluding steroid dienone is 1. The van der Waals surface area contributed by atoms with Crippen LogP contribution in [0, 0.1) is 4.51 Å². The van der Waals surface area contributed by atoms with Crippen LogP contribution in [-0.2, 0) is 6.54 Å². The maximum Gasteiger partial charge on any atom is 0.169 e. The number of hydrogen-bond donors (Lipinski definition) is 0. The Morgan fingerprint density at radius 3 is 2.41 bits per heavy atom. The zero-order chi connectivity index (χ0) is 20.8. The van der Waals surface area contributed by atoms with Crippen LogP contribution in [0.15, 0.2) is 67.5 Å². The van der Waals surface area contributed by atoms with Crippen molar-refractivity contribution in [1.29, 1.82) is 0 Å². The molecule has 0 aliphatic carbocycles. The molecule has 0 fully saturated rings. The largest absolute Gasteiger partial charge is 0.490 e. The molecule has 0 spiro atoms. The van der Waals surface area contributed by atoms with Crippen molar-refractivity contribution in [2.45, 2.75) is 20.4 Å². The van der Waals surface area contributed by atoms with Gasteiger partial charge in [0.05, 0.1) is 17.7 Å². The minimum Gasteiger partial charge on any atom is -0.490 e. The van der Waals surface area contributed by atoms with E-state index in [9.17, 15) is 0 Å². The summed E-state index contributed by atoms with van der Waals surface area (Å²) in [4.78, 5) is 0. The lowest BCUT2D eigenvalue weighted by Gasteiger charge is -2.18. The van der Waals surface area contributed by atoms with Gasteiger partial charge in [-0.3, -0.25) is 0 Å². The van der Waals surface area contributed by atoms with E-state index in [1.54, 1.807) is 0 Å². The summed E-state index contributed by atoms with van der Waals surface area (Å²) in [5.41, 5.74) is 3.72. The topological polar surface area (TPSA) is 23.4 Å². The molecule has 0 saturated carbocycles. The number of ether oxygens (including phenoxy) is 2. The van der Waals surface area contributed by atoms with Crippen LogP contribution in [0.5, 0.6) is 11.5 Å². The van der Waals surface area contributed by atoms with Gasteiger partial charge in [-0.25, -0.2) is 0 Å². The van der Waals surface area contributed by atoms with Gasteiger partial charge in [-0.15, -0.1) is 6.58 Å². The van der Waals surface area contributed by atoms with Crippen molar-refractivity contribution in [3.63, 3.8) is 0 Å². The molecule has 1 heterocycles. The van der Waals surface area contributed by atoms with E-state index in [0.717, 1.165) is 26.8 Å². The second kappa shape index (κ2) is 9.77. The lowest BCUT2D eigenvalue weighted by atomic mass is 10.0. The van der Waals surface area contributed by atoms with Gasteiger partial charge in [-0.2, -0.15) is 0 Å². The van der Waals surface area contributed by atoms with Crippen molar-refractivity contribution in [3.8, 4) is 33.8 Å². The predicted octanol–water partition coefficient (Wildman–Crippen LogP) is 7.19. The normalized spacial score (nSPS) is 10.6. The molecular weight excluding hydrogens is 402 g/mol. The number of hydrogen-bond acceptors (Lipinski definition) is 3. The fourth-order valence-electron chi connectivity index (χ4n) is 3.23. The van der Waals surface area contributed by atoms with E-state index < -0.39 is 0 Å². The quantitative estimate of drug-likeness (QED) is 0.282. The molecule has 150 valence electrons. The highest BCUT2D eigenvalue weighted by molar-refractivity contribution is 7.71. The smallest absolute Gasteiger partial charge is 0.169 e. The lowest BCUT2D eigenvalue weighted by molar-refractivity contribution is 0.289. The van der Waals surface area contributed by atoms with E-state index in [4.69, 9.17) is 33.3 Å². The van der Waals surface area contributed by atoms with Crippen LogP contribution < -0.4 is 9.47 Å². The molecule has 0 aliphatic rings. The first-order chi connectivity index (χ1) is 14.1. The third kappa shape index (κ3) is 4.72. The Bertz CT molecular complexity index is 1070. The van der Waals surface area contributed by atoms with Crippen molar-refractivity contribution in [2.75, 3.05) is 13.2 Å². The molecule has 0 saturated heterocycles.